The monoisotopic (exact) mass is 595 g/mol. The Balaban J connectivity index is 1.72. The van der Waals surface area contributed by atoms with E-state index in [1.54, 1.807) is 11.0 Å². The summed E-state index contributed by atoms with van der Waals surface area (Å²) in [6.07, 6.45) is 2.34. The number of methoxy groups -OCH3 is 1. The summed E-state index contributed by atoms with van der Waals surface area (Å²) < 4.78 is 19.6. The Hall–Kier alpha value is -3.46. The molecule has 2 atom stereocenters. The highest BCUT2D eigenvalue weighted by Gasteiger charge is 2.43. The Labute approximate surface area is 251 Å². The first-order valence-electron chi connectivity index (χ1n) is 14.4. The molecule has 1 unspecified atom stereocenters. The molecule has 1 fully saturated rings. The van der Waals surface area contributed by atoms with Crippen molar-refractivity contribution >= 4 is 23.6 Å². The average Bonchev–Trinajstić information content (AvgIpc) is 3.02. The molecule has 4 N–H and O–H groups in total. The normalized spacial score (nSPS) is 16.5. The lowest BCUT2D eigenvalue weighted by Crippen LogP contribution is -2.48. The topological polar surface area (TPSA) is 105 Å². The van der Waals surface area contributed by atoms with Crippen molar-refractivity contribution in [3.05, 3.63) is 93.8 Å². The van der Waals surface area contributed by atoms with E-state index in [1.807, 2.05) is 30.3 Å². The van der Waals surface area contributed by atoms with Gasteiger partial charge in [-0.25, -0.2) is 9.18 Å². The fourth-order valence-electron chi connectivity index (χ4n) is 5.89. The molecule has 1 heterocycles. The molecule has 1 saturated heterocycles. The highest BCUT2D eigenvalue weighted by Crippen LogP contribution is 2.45. The van der Waals surface area contributed by atoms with Gasteiger partial charge >= 0.3 is 6.09 Å². The Morgan fingerprint density at radius 3 is 2.67 bits per heavy atom. The number of hydrogen-bond donors (Lipinski definition) is 3. The number of nitrogens with one attached hydrogen (secondary N) is 1. The zero-order chi connectivity index (χ0) is 30.3. The zero-order valence-electron chi connectivity index (χ0n) is 24.2. The number of rotatable bonds is 10. The summed E-state index contributed by atoms with van der Waals surface area (Å²) >= 11 is 6.83. The molecule has 7 nitrogen and oxygen atoms in total. The summed E-state index contributed by atoms with van der Waals surface area (Å²) in [5.74, 6) is -1.40. The van der Waals surface area contributed by atoms with Crippen molar-refractivity contribution in [2.75, 3.05) is 26.7 Å². The Kier molecular flexibility index (Phi) is 10.6. The third-order valence-electron chi connectivity index (χ3n) is 8.18. The smallest absolute Gasteiger partial charge is 0.406 e. The van der Waals surface area contributed by atoms with E-state index in [4.69, 9.17) is 22.1 Å². The molecule has 1 aliphatic rings. The van der Waals surface area contributed by atoms with Crippen molar-refractivity contribution in [1.82, 2.24) is 10.2 Å². The first-order valence-corrected chi connectivity index (χ1v) is 14.8. The molecule has 0 aliphatic carbocycles. The first kappa shape index (κ1) is 31.5. The molecule has 3 aromatic rings. The second kappa shape index (κ2) is 14.1. The number of piperidine rings is 1. The Bertz CT molecular complexity index is 1420. The van der Waals surface area contributed by atoms with Gasteiger partial charge in [0.2, 0.25) is 0 Å². The van der Waals surface area contributed by atoms with Gasteiger partial charge in [-0.3, -0.25) is 4.79 Å². The van der Waals surface area contributed by atoms with Gasteiger partial charge in [-0.2, -0.15) is 0 Å². The molecular weight excluding hydrogens is 557 g/mol. The Morgan fingerprint density at radius 1 is 1.17 bits per heavy atom. The van der Waals surface area contributed by atoms with E-state index < -0.39 is 23.4 Å². The van der Waals surface area contributed by atoms with Gasteiger partial charge in [0.25, 0.3) is 5.91 Å². The SMILES string of the molecule is CCc1cccc(-c2c(Cl)cccc2[C@@](O)(CCCNC(=O)OC)C2CCCN(C(=O)c3ccc(CN)cc3F)C2)c1. The maximum absolute atomic E-state index is 14.9. The lowest BCUT2D eigenvalue weighted by Gasteiger charge is -2.44. The number of aliphatic hydroxyl groups is 1. The molecule has 4 rings (SSSR count). The second-order valence-corrected chi connectivity index (χ2v) is 11.2. The van der Waals surface area contributed by atoms with E-state index in [9.17, 15) is 19.1 Å². The minimum absolute atomic E-state index is 0.0153. The third-order valence-corrected chi connectivity index (χ3v) is 8.49. The number of halogens is 2. The van der Waals surface area contributed by atoms with Crippen LogP contribution in [0, 0.1) is 11.7 Å². The molecule has 1 aliphatic heterocycles. The molecule has 9 heteroatoms. The van der Waals surface area contributed by atoms with Gasteiger partial charge in [0.05, 0.1) is 18.3 Å². The molecule has 3 aromatic carbocycles. The van der Waals surface area contributed by atoms with Gasteiger partial charge in [0.15, 0.2) is 0 Å². The van der Waals surface area contributed by atoms with E-state index in [2.05, 4.69) is 24.4 Å². The van der Waals surface area contributed by atoms with Crippen molar-refractivity contribution in [2.24, 2.45) is 11.7 Å². The number of hydrogen-bond acceptors (Lipinski definition) is 5. The lowest BCUT2D eigenvalue weighted by atomic mass is 9.72. The summed E-state index contributed by atoms with van der Waals surface area (Å²) in [4.78, 5) is 26.8. The highest BCUT2D eigenvalue weighted by molar-refractivity contribution is 6.33. The van der Waals surface area contributed by atoms with Crippen molar-refractivity contribution in [3.8, 4) is 11.1 Å². The van der Waals surface area contributed by atoms with Crippen LogP contribution in [-0.4, -0.2) is 48.8 Å². The number of benzene rings is 3. The molecule has 0 aromatic heterocycles. The van der Waals surface area contributed by atoms with Crippen LogP contribution in [-0.2, 0) is 23.3 Å². The molecule has 0 saturated carbocycles. The number of carbonyl (C=O) groups is 2. The van der Waals surface area contributed by atoms with Crippen molar-refractivity contribution in [1.29, 1.82) is 0 Å². The third kappa shape index (κ3) is 6.94. The molecule has 224 valence electrons. The van der Waals surface area contributed by atoms with Gasteiger partial charge in [-0.05, 0) is 72.6 Å². The lowest BCUT2D eigenvalue weighted by molar-refractivity contribution is -0.0563. The minimum atomic E-state index is -1.40. The standard InChI is InChI=1S/C33H39ClFN3O4/c1-3-22-8-4-9-24(18-22)30-27(11-5-12-28(30)34)33(41,15-7-16-37-32(40)42-2)25-10-6-17-38(21-25)31(39)26-14-13-23(20-36)19-29(26)35/h4-5,8-9,11-14,18-19,25,41H,3,6-7,10,15-17,20-21,36H2,1-2H3,(H,37,40)/t25?,33-/m1/s1. The maximum Gasteiger partial charge on any atom is 0.406 e. The summed E-state index contributed by atoms with van der Waals surface area (Å²) in [6.45, 7) is 3.24. The van der Waals surface area contributed by atoms with Crippen molar-refractivity contribution < 1.29 is 23.8 Å². The number of amides is 2. The van der Waals surface area contributed by atoms with E-state index in [-0.39, 0.29) is 24.6 Å². The fourth-order valence-corrected chi connectivity index (χ4v) is 6.17. The molecule has 0 bridgehead atoms. The second-order valence-electron chi connectivity index (χ2n) is 10.8. The number of nitrogens with zero attached hydrogens (tertiary/aromatic N) is 1. The van der Waals surface area contributed by atoms with Crippen LogP contribution in [0.2, 0.25) is 5.02 Å². The van der Waals surface area contributed by atoms with E-state index in [0.717, 1.165) is 23.1 Å². The quantitative estimate of drug-likeness (QED) is 0.248. The van der Waals surface area contributed by atoms with Gasteiger partial charge in [-0.1, -0.05) is 61.0 Å². The van der Waals surface area contributed by atoms with Gasteiger partial charge < -0.3 is 25.8 Å². The largest absolute Gasteiger partial charge is 0.453 e. The zero-order valence-corrected chi connectivity index (χ0v) is 24.9. The molecule has 0 radical (unpaired) electrons. The van der Waals surface area contributed by atoms with E-state index >= 15 is 0 Å². The van der Waals surface area contributed by atoms with E-state index in [0.29, 0.717) is 54.9 Å². The van der Waals surface area contributed by atoms with Crippen LogP contribution in [0.25, 0.3) is 11.1 Å². The molecule has 0 spiro atoms. The summed E-state index contributed by atoms with van der Waals surface area (Å²) in [6, 6.07) is 18.0. The van der Waals surface area contributed by atoms with Crippen molar-refractivity contribution in [3.63, 3.8) is 0 Å². The van der Waals surface area contributed by atoms with Crippen LogP contribution < -0.4 is 11.1 Å². The molecule has 2 amide bonds. The van der Waals surface area contributed by atoms with Gasteiger partial charge in [-0.15, -0.1) is 0 Å². The number of nitrogens with two attached hydrogens (primary N) is 1. The van der Waals surface area contributed by atoms with Gasteiger partial charge in [0.1, 0.15) is 5.82 Å². The van der Waals surface area contributed by atoms with Gasteiger partial charge in [0, 0.05) is 42.7 Å². The number of ether oxygens (including phenoxy) is 1. The fraction of sp³-hybridized carbons (Fsp3) is 0.394. The minimum Gasteiger partial charge on any atom is -0.453 e. The molecular formula is C33H39ClFN3O4. The maximum atomic E-state index is 14.9. The summed E-state index contributed by atoms with van der Waals surface area (Å²) in [5.41, 5.74) is 8.27. The average molecular weight is 596 g/mol. The van der Waals surface area contributed by atoms with E-state index in [1.165, 1.54) is 19.2 Å². The number of aryl methyl sites for hydroxylation is 1. The first-order chi connectivity index (χ1) is 20.2. The van der Waals surface area contributed by atoms with Crippen molar-refractivity contribution in [2.45, 2.75) is 51.2 Å². The van der Waals surface area contributed by atoms with Crippen LogP contribution >= 0.6 is 11.6 Å². The van der Waals surface area contributed by atoms with Crippen LogP contribution in [0.5, 0.6) is 0 Å². The van der Waals surface area contributed by atoms with Crippen LogP contribution in [0.1, 0.15) is 59.7 Å². The van der Waals surface area contributed by atoms with Crippen LogP contribution in [0.4, 0.5) is 9.18 Å². The highest BCUT2D eigenvalue weighted by atomic mass is 35.5. The molecule has 42 heavy (non-hydrogen) atoms. The predicted molar refractivity (Wildman–Crippen MR) is 163 cm³/mol. The predicted octanol–water partition coefficient (Wildman–Crippen LogP) is 6.04. The van der Waals surface area contributed by atoms with Crippen LogP contribution in [0.15, 0.2) is 60.7 Å². The number of carbonyl (C=O) groups excluding carboxylic acids is 2. The van der Waals surface area contributed by atoms with Crippen LogP contribution in [0.3, 0.4) is 0 Å². The number of likely N-dealkylation sites (tertiary alicyclic amines) is 1. The summed E-state index contributed by atoms with van der Waals surface area (Å²) in [5, 5.41) is 15.9. The Morgan fingerprint density at radius 2 is 1.95 bits per heavy atom. The summed E-state index contributed by atoms with van der Waals surface area (Å²) in [7, 11) is 1.30. The number of alkyl carbamates (subject to hydrolysis) is 1.